The Hall–Kier alpha value is -2.38. The van der Waals surface area contributed by atoms with E-state index < -0.39 is 11.2 Å². The Bertz CT molecular complexity index is 1010. The average molecular weight is 462 g/mol. The molecule has 1 N–H and O–H groups in total. The topological polar surface area (TPSA) is 76.1 Å². The Balaban J connectivity index is 1.90. The SMILES string of the molecule is CC(C)CN1C(=O)[C@@H](CC(=O)O)S[C@H](c2cccc3c2OCCO3)c2cc(Cl)ccc21. The monoisotopic (exact) mass is 461 g/mol. The maximum absolute atomic E-state index is 13.5. The molecular formula is C23H24ClNO5S. The number of para-hydroxylation sites is 1. The molecule has 0 fully saturated rings. The molecule has 0 unspecified atom stereocenters. The maximum Gasteiger partial charge on any atom is 0.305 e. The number of hydrogen-bond acceptors (Lipinski definition) is 5. The number of anilines is 1. The van der Waals surface area contributed by atoms with Crippen LogP contribution in [-0.4, -0.2) is 42.0 Å². The number of amides is 1. The standard InChI is InChI=1S/C23H24ClNO5S/c1-13(2)12-25-17-7-6-14(24)10-16(17)22(31-19(23(25)28)11-20(26)27)15-4-3-5-18-21(15)30-9-8-29-18/h3-7,10,13,19,22H,8-9,11-12H2,1-2H3,(H,26,27)/t19-,22-/m1/s1. The number of carboxylic acids is 1. The van der Waals surface area contributed by atoms with Crippen molar-refractivity contribution >= 4 is 40.9 Å². The molecule has 0 saturated heterocycles. The molecule has 0 bridgehead atoms. The fourth-order valence-corrected chi connectivity index (χ4v) is 5.62. The van der Waals surface area contributed by atoms with Crippen molar-refractivity contribution in [3.63, 3.8) is 0 Å². The lowest BCUT2D eigenvalue weighted by molar-refractivity contribution is -0.138. The smallest absolute Gasteiger partial charge is 0.305 e. The van der Waals surface area contributed by atoms with E-state index in [9.17, 15) is 14.7 Å². The van der Waals surface area contributed by atoms with E-state index >= 15 is 0 Å². The summed E-state index contributed by atoms with van der Waals surface area (Å²) >= 11 is 7.70. The second-order valence-corrected chi connectivity index (χ2v) is 9.77. The number of rotatable bonds is 5. The number of fused-ring (bicyclic) bond motifs is 2. The van der Waals surface area contributed by atoms with Gasteiger partial charge in [0.05, 0.1) is 16.9 Å². The van der Waals surface area contributed by atoms with Gasteiger partial charge in [-0.05, 0) is 35.7 Å². The number of thioether (sulfide) groups is 1. The summed E-state index contributed by atoms with van der Waals surface area (Å²) in [6.45, 7) is 5.45. The van der Waals surface area contributed by atoms with E-state index in [0.29, 0.717) is 36.3 Å². The Kier molecular flexibility index (Phi) is 6.34. The molecule has 31 heavy (non-hydrogen) atoms. The highest BCUT2D eigenvalue weighted by molar-refractivity contribution is 8.01. The summed E-state index contributed by atoms with van der Waals surface area (Å²) in [6, 6.07) is 11.2. The minimum absolute atomic E-state index is 0.200. The number of nitrogens with zero attached hydrogens (tertiary/aromatic N) is 1. The summed E-state index contributed by atoms with van der Waals surface area (Å²) in [4.78, 5) is 26.8. The molecule has 2 heterocycles. The van der Waals surface area contributed by atoms with E-state index in [1.807, 2.05) is 44.2 Å². The van der Waals surface area contributed by atoms with Gasteiger partial charge in [-0.1, -0.05) is 37.6 Å². The molecular weight excluding hydrogens is 438 g/mol. The first-order chi connectivity index (χ1) is 14.8. The van der Waals surface area contributed by atoms with Crippen molar-refractivity contribution in [2.24, 2.45) is 5.92 Å². The van der Waals surface area contributed by atoms with Crippen molar-refractivity contribution in [2.45, 2.75) is 30.8 Å². The predicted octanol–water partition coefficient (Wildman–Crippen LogP) is 4.78. The maximum atomic E-state index is 13.5. The van der Waals surface area contributed by atoms with Gasteiger partial charge < -0.3 is 19.5 Å². The van der Waals surface area contributed by atoms with Crippen LogP contribution in [0.4, 0.5) is 5.69 Å². The molecule has 0 radical (unpaired) electrons. The molecule has 0 aliphatic carbocycles. The van der Waals surface area contributed by atoms with Crippen molar-refractivity contribution in [2.75, 3.05) is 24.7 Å². The van der Waals surface area contributed by atoms with Crippen molar-refractivity contribution in [1.82, 2.24) is 0 Å². The molecule has 164 valence electrons. The normalized spacial score (nSPS) is 20.4. The van der Waals surface area contributed by atoms with Crippen LogP contribution in [0.3, 0.4) is 0 Å². The van der Waals surface area contributed by atoms with Gasteiger partial charge in [0.15, 0.2) is 11.5 Å². The van der Waals surface area contributed by atoms with Crippen LogP contribution in [0.25, 0.3) is 0 Å². The number of benzene rings is 2. The summed E-state index contributed by atoms with van der Waals surface area (Å²) in [5.74, 6) is 0.288. The second kappa shape index (κ2) is 9.01. The van der Waals surface area contributed by atoms with Crippen LogP contribution in [-0.2, 0) is 9.59 Å². The third-order valence-corrected chi connectivity index (χ3v) is 6.90. The number of carbonyl (C=O) groups excluding carboxylic acids is 1. The van der Waals surface area contributed by atoms with Crippen molar-refractivity contribution in [3.05, 3.63) is 52.5 Å². The van der Waals surface area contributed by atoms with Gasteiger partial charge in [-0.3, -0.25) is 9.59 Å². The van der Waals surface area contributed by atoms with Gasteiger partial charge in [0, 0.05) is 22.8 Å². The summed E-state index contributed by atoms with van der Waals surface area (Å²) in [5.41, 5.74) is 2.46. The third-order valence-electron chi connectivity index (χ3n) is 5.19. The van der Waals surface area contributed by atoms with E-state index in [4.69, 9.17) is 21.1 Å². The highest BCUT2D eigenvalue weighted by Gasteiger charge is 2.39. The summed E-state index contributed by atoms with van der Waals surface area (Å²) in [5, 5.41) is 8.98. The van der Waals surface area contributed by atoms with Crippen molar-refractivity contribution in [1.29, 1.82) is 0 Å². The lowest BCUT2D eigenvalue weighted by atomic mass is 9.99. The van der Waals surface area contributed by atoms with Crippen molar-refractivity contribution < 1.29 is 24.2 Å². The van der Waals surface area contributed by atoms with E-state index in [2.05, 4.69) is 0 Å². The van der Waals surface area contributed by atoms with Crippen LogP contribution in [0.5, 0.6) is 11.5 Å². The van der Waals surface area contributed by atoms with Crippen LogP contribution in [0.15, 0.2) is 36.4 Å². The highest BCUT2D eigenvalue weighted by Crippen LogP contribution is 2.51. The van der Waals surface area contributed by atoms with Gasteiger partial charge in [0.1, 0.15) is 13.2 Å². The van der Waals surface area contributed by atoms with Crippen LogP contribution in [0.1, 0.15) is 36.6 Å². The van der Waals surface area contributed by atoms with E-state index in [1.165, 1.54) is 11.8 Å². The average Bonchev–Trinajstić information content (AvgIpc) is 2.83. The fraction of sp³-hybridized carbons (Fsp3) is 0.391. The fourth-order valence-electron chi connectivity index (χ4n) is 3.96. The molecule has 4 rings (SSSR count). The molecule has 2 aliphatic heterocycles. The summed E-state index contributed by atoms with van der Waals surface area (Å²) in [7, 11) is 0. The number of ether oxygens (including phenoxy) is 2. The van der Waals surface area contributed by atoms with Crippen LogP contribution in [0.2, 0.25) is 5.02 Å². The Morgan fingerprint density at radius 3 is 2.74 bits per heavy atom. The molecule has 2 aromatic carbocycles. The molecule has 0 saturated carbocycles. The molecule has 2 aromatic rings. The highest BCUT2D eigenvalue weighted by atomic mass is 35.5. The Labute approximate surface area is 190 Å². The van der Waals surface area contributed by atoms with E-state index in [1.54, 1.807) is 11.0 Å². The zero-order chi connectivity index (χ0) is 22.1. The molecule has 0 spiro atoms. The number of hydrogen-bond donors (Lipinski definition) is 1. The lowest BCUT2D eigenvalue weighted by Crippen LogP contribution is -2.40. The molecule has 0 aromatic heterocycles. The third kappa shape index (κ3) is 4.48. The summed E-state index contributed by atoms with van der Waals surface area (Å²) < 4.78 is 11.7. The Morgan fingerprint density at radius 1 is 1.23 bits per heavy atom. The molecule has 6 nitrogen and oxygen atoms in total. The molecule has 2 atom stereocenters. The predicted molar refractivity (Wildman–Crippen MR) is 122 cm³/mol. The zero-order valence-corrected chi connectivity index (χ0v) is 18.9. The zero-order valence-electron chi connectivity index (χ0n) is 17.3. The van der Waals surface area contributed by atoms with Crippen LogP contribution >= 0.6 is 23.4 Å². The van der Waals surface area contributed by atoms with E-state index in [0.717, 1.165) is 16.8 Å². The lowest BCUT2D eigenvalue weighted by Gasteiger charge is -2.27. The van der Waals surface area contributed by atoms with Gasteiger partial charge in [0.25, 0.3) is 0 Å². The summed E-state index contributed by atoms with van der Waals surface area (Å²) in [6.07, 6.45) is -0.261. The number of carboxylic acid groups (broad SMARTS) is 1. The van der Waals surface area contributed by atoms with Gasteiger partial charge in [-0.15, -0.1) is 11.8 Å². The van der Waals surface area contributed by atoms with Gasteiger partial charge in [-0.25, -0.2) is 0 Å². The van der Waals surface area contributed by atoms with Gasteiger partial charge in [-0.2, -0.15) is 0 Å². The second-order valence-electron chi connectivity index (χ2n) is 8.02. The van der Waals surface area contributed by atoms with E-state index in [-0.39, 0.29) is 23.5 Å². The molecule has 2 aliphatic rings. The quantitative estimate of drug-likeness (QED) is 0.690. The first kappa shape index (κ1) is 21.8. The number of aliphatic carboxylic acids is 1. The first-order valence-corrected chi connectivity index (χ1v) is 11.5. The number of halogens is 1. The molecule has 1 amide bonds. The van der Waals surface area contributed by atoms with Crippen molar-refractivity contribution in [3.8, 4) is 11.5 Å². The molecule has 8 heteroatoms. The largest absolute Gasteiger partial charge is 0.486 e. The minimum Gasteiger partial charge on any atom is -0.486 e. The Morgan fingerprint density at radius 2 is 2.00 bits per heavy atom. The van der Waals surface area contributed by atoms with Gasteiger partial charge >= 0.3 is 5.97 Å². The van der Waals surface area contributed by atoms with Crippen LogP contribution < -0.4 is 14.4 Å². The minimum atomic E-state index is -1.01. The van der Waals surface area contributed by atoms with Crippen LogP contribution in [0, 0.1) is 5.92 Å². The van der Waals surface area contributed by atoms with Gasteiger partial charge in [0.2, 0.25) is 5.91 Å². The number of carbonyl (C=O) groups is 2. The first-order valence-electron chi connectivity index (χ1n) is 10.2.